The Morgan fingerprint density at radius 3 is 2.70 bits per heavy atom. The van der Waals surface area contributed by atoms with Crippen LogP contribution in [0.4, 0.5) is 11.4 Å². The Kier molecular flexibility index (Phi) is 4.56. The number of methoxy groups -OCH3 is 1. The Balaban J connectivity index is 1.75. The van der Waals surface area contributed by atoms with E-state index >= 15 is 0 Å². The van der Waals surface area contributed by atoms with Crippen molar-refractivity contribution in [1.29, 1.82) is 0 Å². The van der Waals surface area contributed by atoms with Crippen LogP contribution in [0.25, 0.3) is 0 Å². The molecule has 0 saturated carbocycles. The zero-order chi connectivity index (χ0) is 19.1. The molecule has 1 atom stereocenters. The van der Waals surface area contributed by atoms with Crippen molar-refractivity contribution in [3.63, 3.8) is 0 Å². The SMILES string of the molecule is COc1ccc(Cl)c2c1N(C(=O)[C@@H]1Cc3ccccc3N1C(C)=O)CCC2. The molecule has 5 nitrogen and oxygen atoms in total. The molecule has 0 unspecified atom stereocenters. The van der Waals surface area contributed by atoms with Crippen LogP contribution in [0, 0.1) is 0 Å². The Hall–Kier alpha value is -2.53. The number of halogens is 1. The first-order valence-electron chi connectivity index (χ1n) is 9.07. The smallest absolute Gasteiger partial charge is 0.250 e. The third kappa shape index (κ3) is 2.86. The maximum Gasteiger partial charge on any atom is 0.250 e. The van der Waals surface area contributed by atoms with E-state index in [-0.39, 0.29) is 11.8 Å². The topological polar surface area (TPSA) is 49.9 Å². The normalized spacial score (nSPS) is 18.1. The number of nitrogens with zero attached hydrogens (tertiary/aromatic N) is 2. The third-order valence-corrected chi connectivity index (χ3v) is 5.71. The summed E-state index contributed by atoms with van der Waals surface area (Å²) in [7, 11) is 1.59. The van der Waals surface area contributed by atoms with E-state index in [1.54, 1.807) is 29.0 Å². The van der Waals surface area contributed by atoms with Crippen LogP contribution in [0.3, 0.4) is 0 Å². The van der Waals surface area contributed by atoms with E-state index in [1.807, 2.05) is 24.3 Å². The van der Waals surface area contributed by atoms with Gasteiger partial charge in [0.15, 0.2) is 0 Å². The zero-order valence-electron chi connectivity index (χ0n) is 15.4. The number of carbonyl (C=O) groups excluding carboxylic acids is 2. The number of hydrogen-bond acceptors (Lipinski definition) is 3. The predicted octanol–water partition coefficient (Wildman–Crippen LogP) is 3.61. The molecular formula is C21H21ClN2O3. The van der Waals surface area contributed by atoms with Crippen LogP contribution in [-0.2, 0) is 22.4 Å². The van der Waals surface area contributed by atoms with Gasteiger partial charge in [0.1, 0.15) is 11.8 Å². The lowest BCUT2D eigenvalue weighted by molar-refractivity contribution is -0.123. The van der Waals surface area contributed by atoms with E-state index in [4.69, 9.17) is 16.3 Å². The molecule has 0 saturated heterocycles. The second-order valence-corrected chi connectivity index (χ2v) is 7.32. The quantitative estimate of drug-likeness (QED) is 0.794. The van der Waals surface area contributed by atoms with E-state index in [1.165, 1.54) is 6.92 Å². The summed E-state index contributed by atoms with van der Waals surface area (Å²) in [6, 6.07) is 10.7. The molecule has 0 aliphatic carbocycles. The first kappa shape index (κ1) is 17.9. The monoisotopic (exact) mass is 384 g/mol. The van der Waals surface area contributed by atoms with E-state index in [0.717, 1.165) is 35.3 Å². The largest absolute Gasteiger partial charge is 0.495 e. The lowest BCUT2D eigenvalue weighted by atomic mass is 9.99. The molecule has 0 aromatic heterocycles. The van der Waals surface area contributed by atoms with Crippen LogP contribution < -0.4 is 14.5 Å². The second-order valence-electron chi connectivity index (χ2n) is 6.91. The zero-order valence-corrected chi connectivity index (χ0v) is 16.1. The Bertz CT molecular complexity index is 928. The number of benzene rings is 2. The van der Waals surface area contributed by atoms with E-state index < -0.39 is 6.04 Å². The molecule has 0 N–H and O–H groups in total. The van der Waals surface area contributed by atoms with Crippen LogP contribution in [-0.4, -0.2) is 31.5 Å². The molecule has 6 heteroatoms. The average molecular weight is 385 g/mol. The summed E-state index contributed by atoms with van der Waals surface area (Å²) in [6.07, 6.45) is 2.14. The summed E-state index contributed by atoms with van der Waals surface area (Å²) in [5, 5.41) is 0.640. The van der Waals surface area contributed by atoms with Crippen molar-refractivity contribution < 1.29 is 14.3 Å². The molecule has 27 heavy (non-hydrogen) atoms. The van der Waals surface area contributed by atoms with Gasteiger partial charge >= 0.3 is 0 Å². The maximum absolute atomic E-state index is 13.6. The van der Waals surface area contributed by atoms with Crippen LogP contribution in [0.15, 0.2) is 36.4 Å². The lowest BCUT2D eigenvalue weighted by Gasteiger charge is -2.35. The van der Waals surface area contributed by atoms with Crippen molar-refractivity contribution in [3.8, 4) is 5.75 Å². The van der Waals surface area contributed by atoms with Crippen molar-refractivity contribution in [2.75, 3.05) is 23.5 Å². The van der Waals surface area contributed by atoms with Gasteiger partial charge in [-0.2, -0.15) is 0 Å². The highest BCUT2D eigenvalue weighted by Gasteiger charge is 2.41. The van der Waals surface area contributed by atoms with Crippen LogP contribution >= 0.6 is 11.6 Å². The Morgan fingerprint density at radius 2 is 1.96 bits per heavy atom. The molecule has 2 aliphatic heterocycles. The molecule has 2 heterocycles. The number of para-hydroxylation sites is 1. The molecule has 2 aliphatic rings. The fraction of sp³-hybridized carbons (Fsp3) is 0.333. The fourth-order valence-corrected chi connectivity index (χ4v) is 4.43. The highest BCUT2D eigenvalue weighted by Crippen LogP contribution is 2.42. The highest BCUT2D eigenvalue weighted by atomic mass is 35.5. The molecule has 2 aromatic rings. The van der Waals surface area contributed by atoms with Gasteiger partial charge in [0.25, 0.3) is 5.91 Å². The Labute approximate surface area is 163 Å². The van der Waals surface area contributed by atoms with Gasteiger partial charge in [0.2, 0.25) is 5.91 Å². The van der Waals surface area contributed by atoms with Crippen molar-refractivity contribution >= 4 is 34.8 Å². The minimum absolute atomic E-state index is 0.0945. The average Bonchev–Trinajstić information content (AvgIpc) is 3.07. The predicted molar refractivity (Wildman–Crippen MR) is 106 cm³/mol. The lowest BCUT2D eigenvalue weighted by Crippen LogP contribution is -2.50. The van der Waals surface area contributed by atoms with Gasteiger partial charge in [0.05, 0.1) is 12.8 Å². The molecule has 0 radical (unpaired) electrons. The van der Waals surface area contributed by atoms with Crippen LogP contribution in [0.2, 0.25) is 5.02 Å². The van der Waals surface area contributed by atoms with Crippen LogP contribution in [0.5, 0.6) is 5.75 Å². The molecular weight excluding hydrogens is 364 g/mol. The summed E-state index contributed by atoms with van der Waals surface area (Å²) < 4.78 is 5.51. The van der Waals surface area contributed by atoms with Crippen molar-refractivity contribution in [2.24, 2.45) is 0 Å². The van der Waals surface area contributed by atoms with Crippen molar-refractivity contribution in [1.82, 2.24) is 0 Å². The van der Waals surface area contributed by atoms with Crippen LogP contribution in [0.1, 0.15) is 24.5 Å². The summed E-state index contributed by atoms with van der Waals surface area (Å²) in [5.41, 5.74) is 3.50. The summed E-state index contributed by atoms with van der Waals surface area (Å²) in [5.74, 6) is 0.406. The second kappa shape index (κ2) is 6.89. The van der Waals surface area contributed by atoms with Crippen molar-refractivity contribution in [3.05, 3.63) is 52.5 Å². The first-order valence-corrected chi connectivity index (χ1v) is 9.45. The van der Waals surface area contributed by atoms with E-state index in [0.29, 0.717) is 23.7 Å². The van der Waals surface area contributed by atoms with Gasteiger partial charge in [0, 0.05) is 30.6 Å². The molecule has 140 valence electrons. The Morgan fingerprint density at radius 1 is 1.19 bits per heavy atom. The minimum atomic E-state index is -0.547. The third-order valence-electron chi connectivity index (χ3n) is 5.35. The highest BCUT2D eigenvalue weighted by molar-refractivity contribution is 6.32. The molecule has 2 aromatic carbocycles. The van der Waals surface area contributed by atoms with Crippen molar-refractivity contribution in [2.45, 2.75) is 32.2 Å². The molecule has 0 spiro atoms. The number of anilines is 2. The number of amides is 2. The maximum atomic E-state index is 13.6. The van der Waals surface area contributed by atoms with Gasteiger partial charge in [-0.05, 0) is 42.2 Å². The van der Waals surface area contributed by atoms with E-state index in [2.05, 4.69) is 0 Å². The van der Waals surface area contributed by atoms with Gasteiger partial charge in [-0.15, -0.1) is 0 Å². The standard InChI is InChI=1S/C21H21ClN2O3/c1-13(25)24-17-8-4-3-6-14(17)12-18(24)21(26)23-11-5-7-15-16(22)9-10-19(27-2)20(15)23/h3-4,6,8-10,18H,5,7,11-12H2,1-2H3/t18-/m0/s1. The molecule has 0 fully saturated rings. The number of carbonyl (C=O) groups is 2. The minimum Gasteiger partial charge on any atom is -0.495 e. The number of fused-ring (bicyclic) bond motifs is 2. The summed E-state index contributed by atoms with van der Waals surface area (Å²) in [6.45, 7) is 2.09. The van der Waals surface area contributed by atoms with Gasteiger partial charge in [-0.1, -0.05) is 29.8 Å². The number of hydrogen-bond donors (Lipinski definition) is 0. The number of rotatable bonds is 2. The molecule has 4 rings (SSSR count). The number of ether oxygens (including phenoxy) is 1. The summed E-state index contributed by atoms with van der Waals surface area (Å²) >= 11 is 6.39. The van der Waals surface area contributed by atoms with Gasteiger partial charge < -0.3 is 9.64 Å². The van der Waals surface area contributed by atoms with Gasteiger partial charge in [-0.25, -0.2) is 0 Å². The summed E-state index contributed by atoms with van der Waals surface area (Å²) in [4.78, 5) is 29.3. The van der Waals surface area contributed by atoms with E-state index in [9.17, 15) is 9.59 Å². The molecule has 2 amide bonds. The van der Waals surface area contributed by atoms with Gasteiger partial charge in [-0.3, -0.25) is 14.5 Å². The molecule has 0 bridgehead atoms. The first-order chi connectivity index (χ1) is 13.0. The fourth-order valence-electron chi connectivity index (χ4n) is 4.19.